The van der Waals surface area contributed by atoms with Gasteiger partial charge in [0.05, 0.1) is 25.4 Å². The van der Waals surface area contributed by atoms with Crippen LogP contribution in [0.2, 0.25) is 16.6 Å². The van der Waals surface area contributed by atoms with Crippen LogP contribution in [-0.2, 0) is 27.1 Å². The lowest BCUT2D eigenvalue weighted by molar-refractivity contribution is -0.114. The van der Waals surface area contributed by atoms with Crippen LogP contribution in [0.25, 0.3) is 0 Å². The standard InChI is InChI=1S/C49H75NO3Si/c1-9-10-11-12-13-14-15-16-17-27-34-47(51)35-36-49(52-38-45-30-23-19-24-31-45)48(39-53-54(40(2)3,41(4)5)42(6)7)50(37-44-28-21-18-22-29-44)43(8)46-32-25-20-26-33-46/h18-26,28-33,35-36,40-43,48-49H,9-17,27,34,37-39H2,1-8H3/b36-35+/t43-,48-,49+/m0/s1. The van der Waals surface area contributed by atoms with Crippen LogP contribution in [0.15, 0.2) is 103 Å². The van der Waals surface area contributed by atoms with Gasteiger partial charge in [0, 0.05) is 19.0 Å². The molecule has 0 aliphatic heterocycles. The number of allylic oxidation sites excluding steroid dienone is 1. The van der Waals surface area contributed by atoms with Gasteiger partial charge in [-0.05, 0) is 52.7 Å². The maximum Gasteiger partial charge on any atom is 0.200 e. The average molecular weight is 754 g/mol. The second kappa shape index (κ2) is 25.3. The van der Waals surface area contributed by atoms with Gasteiger partial charge in [0.2, 0.25) is 0 Å². The summed E-state index contributed by atoms with van der Waals surface area (Å²) in [6.45, 7) is 20.4. The molecular weight excluding hydrogens is 679 g/mol. The normalized spacial score (nSPS) is 14.1. The van der Waals surface area contributed by atoms with Crippen molar-refractivity contribution in [2.24, 2.45) is 0 Å². The van der Waals surface area contributed by atoms with Gasteiger partial charge in [-0.15, -0.1) is 0 Å². The first-order valence-electron chi connectivity index (χ1n) is 21.4. The molecule has 54 heavy (non-hydrogen) atoms. The molecule has 0 aliphatic rings. The Hall–Kier alpha value is -2.83. The molecule has 3 aromatic carbocycles. The van der Waals surface area contributed by atoms with Crippen LogP contribution < -0.4 is 0 Å². The summed E-state index contributed by atoms with van der Waals surface area (Å²) in [4.78, 5) is 16.1. The molecule has 4 nitrogen and oxygen atoms in total. The third-order valence-electron chi connectivity index (χ3n) is 11.5. The second-order valence-corrected chi connectivity index (χ2v) is 21.9. The van der Waals surface area contributed by atoms with Gasteiger partial charge in [-0.3, -0.25) is 9.69 Å². The predicted octanol–water partition coefficient (Wildman–Crippen LogP) is 13.8. The molecule has 0 heterocycles. The zero-order valence-corrected chi connectivity index (χ0v) is 36.4. The van der Waals surface area contributed by atoms with Crippen molar-refractivity contribution in [1.82, 2.24) is 4.90 Å². The van der Waals surface area contributed by atoms with Crippen molar-refractivity contribution in [3.05, 3.63) is 120 Å². The van der Waals surface area contributed by atoms with Gasteiger partial charge in [-0.25, -0.2) is 0 Å². The monoisotopic (exact) mass is 754 g/mol. The Morgan fingerprint density at radius 3 is 1.65 bits per heavy atom. The minimum absolute atomic E-state index is 0.0757. The number of carbonyl (C=O) groups excluding carboxylic acids is 1. The topological polar surface area (TPSA) is 38.8 Å². The van der Waals surface area contributed by atoms with Gasteiger partial charge in [0.1, 0.15) is 0 Å². The number of ether oxygens (including phenoxy) is 1. The molecule has 0 radical (unpaired) electrons. The first-order chi connectivity index (χ1) is 26.1. The van der Waals surface area contributed by atoms with Crippen molar-refractivity contribution in [2.45, 2.75) is 174 Å². The Kier molecular flexibility index (Phi) is 21.4. The predicted molar refractivity (Wildman–Crippen MR) is 233 cm³/mol. The molecule has 5 heteroatoms. The van der Waals surface area contributed by atoms with E-state index in [1.54, 1.807) is 0 Å². The third kappa shape index (κ3) is 15.0. The molecule has 3 aromatic rings. The molecule has 0 unspecified atom stereocenters. The molecule has 3 atom stereocenters. The van der Waals surface area contributed by atoms with Crippen molar-refractivity contribution >= 4 is 14.1 Å². The zero-order chi connectivity index (χ0) is 39.2. The van der Waals surface area contributed by atoms with Crippen LogP contribution in [0.1, 0.15) is 149 Å². The van der Waals surface area contributed by atoms with E-state index in [4.69, 9.17) is 9.16 Å². The highest BCUT2D eigenvalue weighted by atomic mass is 28.4. The maximum atomic E-state index is 13.5. The highest BCUT2D eigenvalue weighted by Gasteiger charge is 2.46. The molecular formula is C49H75NO3Si. The van der Waals surface area contributed by atoms with E-state index in [2.05, 4.69) is 151 Å². The Labute approximate surface area is 332 Å². The smallest absolute Gasteiger partial charge is 0.200 e. The van der Waals surface area contributed by atoms with Crippen LogP contribution in [-0.4, -0.2) is 37.8 Å². The quantitative estimate of drug-likeness (QED) is 0.0420. The fourth-order valence-electron chi connectivity index (χ4n) is 8.50. The lowest BCUT2D eigenvalue weighted by atomic mass is 10.00. The Balaban J connectivity index is 1.96. The number of hydrogen-bond donors (Lipinski definition) is 0. The van der Waals surface area contributed by atoms with Crippen LogP contribution in [0, 0.1) is 0 Å². The van der Waals surface area contributed by atoms with Crippen LogP contribution >= 0.6 is 0 Å². The number of unbranched alkanes of at least 4 members (excludes halogenated alkanes) is 9. The van der Waals surface area contributed by atoms with Crippen molar-refractivity contribution in [1.29, 1.82) is 0 Å². The Morgan fingerprint density at radius 1 is 0.648 bits per heavy atom. The van der Waals surface area contributed by atoms with Crippen LogP contribution in [0.5, 0.6) is 0 Å². The van der Waals surface area contributed by atoms with Gasteiger partial charge in [0.15, 0.2) is 14.1 Å². The van der Waals surface area contributed by atoms with Gasteiger partial charge in [0.25, 0.3) is 0 Å². The van der Waals surface area contributed by atoms with Gasteiger partial charge >= 0.3 is 0 Å². The average Bonchev–Trinajstić information content (AvgIpc) is 3.17. The second-order valence-electron chi connectivity index (χ2n) is 16.5. The van der Waals surface area contributed by atoms with Crippen LogP contribution in [0.3, 0.4) is 0 Å². The van der Waals surface area contributed by atoms with Gasteiger partial charge < -0.3 is 9.16 Å². The molecule has 0 aliphatic carbocycles. The number of nitrogens with zero attached hydrogens (tertiary/aromatic N) is 1. The molecule has 0 saturated heterocycles. The van der Waals surface area contributed by atoms with Crippen molar-refractivity contribution in [3.8, 4) is 0 Å². The zero-order valence-electron chi connectivity index (χ0n) is 35.4. The first-order valence-corrected chi connectivity index (χ1v) is 23.6. The fraction of sp³-hybridized carbons (Fsp3) is 0.571. The summed E-state index contributed by atoms with van der Waals surface area (Å²) in [5.74, 6) is 0.184. The summed E-state index contributed by atoms with van der Waals surface area (Å²) >= 11 is 0. The number of rotatable bonds is 28. The van der Waals surface area contributed by atoms with Crippen molar-refractivity contribution in [3.63, 3.8) is 0 Å². The van der Waals surface area contributed by atoms with E-state index < -0.39 is 8.32 Å². The highest BCUT2D eigenvalue weighted by Crippen LogP contribution is 2.43. The lowest BCUT2D eigenvalue weighted by Crippen LogP contribution is -2.54. The molecule has 0 saturated carbocycles. The van der Waals surface area contributed by atoms with E-state index in [1.807, 2.05) is 12.1 Å². The SMILES string of the molecule is CCCCCCCCCCCCC(=O)/C=C/[C@@H](OCc1ccccc1)[C@H](CO[Si](C(C)C)(C(C)C)C(C)C)N(Cc1ccccc1)[C@@H](C)c1ccccc1. The number of ketones is 1. The third-order valence-corrected chi connectivity index (χ3v) is 17.6. The molecule has 0 N–H and O–H groups in total. The van der Waals surface area contributed by atoms with Gasteiger partial charge in [-0.1, -0.05) is 203 Å². The van der Waals surface area contributed by atoms with E-state index in [0.717, 1.165) is 24.9 Å². The number of carbonyl (C=O) groups is 1. The molecule has 0 fully saturated rings. The van der Waals surface area contributed by atoms with E-state index in [-0.39, 0.29) is 24.0 Å². The van der Waals surface area contributed by atoms with Crippen molar-refractivity contribution in [2.75, 3.05) is 6.61 Å². The van der Waals surface area contributed by atoms with E-state index in [0.29, 0.717) is 36.3 Å². The fourth-order valence-corrected chi connectivity index (χ4v) is 14.0. The molecule has 0 spiro atoms. The van der Waals surface area contributed by atoms with Crippen LogP contribution in [0.4, 0.5) is 0 Å². The summed E-state index contributed by atoms with van der Waals surface area (Å²) in [6.07, 6.45) is 16.7. The largest absolute Gasteiger partial charge is 0.414 e. The summed E-state index contributed by atoms with van der Waals surface area (Å²) < 4.78 is 14.4. The summed E-state index contributed by atoms with van der Waals surface area (Å²) in [5.41, 5.74) is 4.97. The first kappa shape index (κ1) is 45.6. The lowest BCUT2D eigenvalue weighted by Gasteiger charge is -2.46. The number of hydrogen-bond acceptors (Lipinski definition) is 4. The van der Waals surface area contributed by atoms with Gasteiger partial charge in [-0.2, -0.15) is 0 Å². The molecule has 3 rings (SSSR count). The summed E-state index contributed by atoms with van der Waals surface area (Å²) in [7, 11) is -2.23. The maximum absolute atomic E-state index is 13.5. The minimum atomic E-state index is -2.23. The van der Waals surface area contributed by atoms with Crippen molar-refractivity contribution < 1.29 is 14.0 Å². The molecule has 0 amide bonds. The summed E-state index contributed by atoms with van der Waals surface area (Å²) in [5, 5.41) is 0. The Bertz CT molecular complexity index is 1400. The Morgan fingerprint density at radius 2 is 1.13 bits per heavy atom. The molecule has 0 aromatic heterocycles. The minimum Gasteiger partial charge on any atom is -0.414 e. The van der Waals surface area contributed by atoms with E-state index in [1.165, 1.54) is 62.5 Å². The van der Waals surface area contributed by atoms with E-state index >= 15 is 0 Å². The highest BCUT2D eigenvalue weighted by molar-refractivity contribution is 6.77. The molecule has 298 valence electrons. The molecule has 0 bridgehead atoms. The number of benzene rings is 3. The van der Waals surface area contributed by atoms with E-state index in [9.17, 15) is 4.79 Å². The summed E-state index contributed by atoms with van der Waals surface area (Å²) in [6, 6.07) is 31.9.